The van der Waals surface area contributed by atoms with E-state index < -0.39 is 0 Å². The predicted octanol–water partition coefficient (Wildman–Crippen LogP) is 4.04. The SMILES string of the molecule is NNC(CSC1CCCC1)Cc1cccc(Cl)c1Cl. The molecule has 1 atom stereocenters. The van der Waals surface area contributed by atoms with Crippen LogP contribution in [0.4, 0.5) is 0 Å². The van der Waals surface area contributed by atoms with E-state index in [0.717, 1.165) is 23.0 Å². The van der Waals surface area contributed by atoms with Crippen LogP contribution in [0.2, 0.25) is 10.0 Å². The number of hydrogen-bond acceptors (Lipinski definition) is 3. The van der Waals surface area contributed by atoms with Gasteiger partial charge in [0.15, 0.2) is 0 Å². The van der Waals surface area contributed by atoms with Crippen molar-refractivity contribution in [1.29, 1.82) is 0 Å². The third kappa shape index (κ3) is 4.54. The van der Waals surface area contributed by atoms with Gasteiger partial charge in [0.1, 0.15) is 0 Å². The summed E-state index contributed by atoms with van der Waals surface area (Å²) in [5.74, 6) is 6.67. The molecule has 1 fully saturated rings. The smallest absolute Gasteiger partial charge is 0.0624 e. The molecule has 0 aromatic heterocycles. The normalized spacial score (nSPS) is 17.8. The molecule has 0 saturated heterocycles. The fourth-order valence-corrected chi connectivity index (χ4v) is 4.23. The average molecular weight is 319 g/mol. The van der Waals surface area contributed by atoms with Gasteiger partial charge in [0.25, 0.3) is 0 Å². The number of benzene rings is 1. The highest BCUT2D eigenvalue weighted by molar-refractivity contribution is 7.99. The van der Waals surface area contributed by atoms with E-state index in [1.54, 1.807) is 0 Å². The van der Waals surface area contributed by atoms with Crippen molar-refractivity contribution in [2.75, 3.05) is 5.75 Å². The Bertz CT molecular complexity index is 408. The van der Waals surface area contributed by atoms with Gasteiger partial charge in [-0.25, -0.2) is 0 Å². The Kier molecular flexibility index (Phi) is 6.30. The van der Waals surface area contributed by atoms with E-state index in [0.29, 0.717) is 10.0 Å². The highest BCUT2D eigenvalue weighted by Crippen LogP contribution is 2.31. The highest BCUT2D eigenvalue weighted by Gasteiger charge is 2.18. The number of thioether (sulfide) groups is 1. The van der Waals surface area contributed by atoms with Gasteiger partial charge in [0.05, 0.1) is 10.0 Å². The molecule has 1 saturated carbocycles. The second-order valence-electron chi connectivity index (χ2n) is 5.02. The summed E-state index contributed by atoms with van der Waals surface area (Å²) >= 11 is 14.3. The second-order valence-corrected chi connectivity index (χ2v) is 7.14. The molecule has 19 heavy (non-hydrogen) atoms. The molecule has 1 aliphatic carbocycles. The van der Waals surface area contributed by atoms with Crippen molar-refractivity contribution < 1.29 is 0 Å². The van der Waals surface area contributed by atoms with E-state index in [2.05, 4.69) is 5.43 Å². The molecule has 0 amide bonds. The first-order chi connectivity index (χ1) is 9.20. The minimum absolute atomic E-state index is 0.238. The standard InChI is InChI=1S/C14H20Cl2N2S/c15-13-7-3-4-10(14(13)16)8-11(18-17)9-19-12-5-1-2-6-12/h3-4,7,11-12,18H,1-2,5-6,8-9,17H2. The van der Waals surface area contributed by atoms with E-state index in [1.165, 1.54) is 25.7 Å². The Morgan fingerprint density at radius 2 is 2.05 bits per heavy atom. The maximum Gasteiger partial charge on any atom is 0.0624 e. The van der Waals surface area contributed by atoms with Gasteiger partial charge >= 0.3 is 0 Å². The number of hydrogen-bond donors (Lipinski definition) is 2. The molecule has 1 unspecified atom stereocenters. The number of nitrogens with two attached hydrogens (primary N) is 1. The largest absolute Gasteiger partial charge is 0.271 e. The number of halogens is 2. The summed E-state index contributed by atoms with van der Waals surface area (Å²) in [6.07, 6.45) is 6.26. The van der Waals surface area contributed by atoms with Crippen LogP contribution in [-0.2, 0) is 6.42 Å². The molecule has 106 valence electrons. The third-order valence-corrected chi connectivity index (χ3v) is 5.96. The maximum absolute atomic E-state index is 6.21. The summed E-state index contributed by atoms with van der Waals surface area (Å²) in [6.45, 7) is 0. The molecule has 0 spiro atoms. The third-order valence-electron chi connectivity index (χ3n) is 3.57. The molecule has 0 aliphatic heterocycles. The summed E-state index contributed by atoms with van der Waals surface area (Å²) in [4.78, 5) is 0. The van der Waals surface area contributed by atoms with Gasteiger partial charge in [-0.3, -0.25) is 11.3 Å². The Balaban J connectivity index is 1.88. The zero-order valence-electron chi connectivity index (χ0n) is 10.9. The Labute approximate surface area is 129 Å². The van der Waals surface area contributed by atoms with Crippen molar-refractivity contribution in [3.8, 4) is 0 Å². The van der Waals surface area contributed by atoms with Crippen LogP contribution < -0.4 is 11.3 Å². The summed E-state index contributed by atoms with van der Waals surface area (Å²) < 4.78 is 0. The molecule has 0 heterocycles. The van der Waals surface area contributed by atoms with Gasteiger partial charge in [0, 0.05) is 17.0 Å². The van der Waals surface area contributed by atoms with E-state index in [4.69, 9.17) is 29.0 Å². The van der Waals surface area contributed by atoms with E-state index >= 15 is 0 Å². The Morgan fingerprint density at radius 3 is 2.74 bits per heavy atom. The zero-order chi connectivity index (χ0) is 13.7. The first-order valence-electron chi connectivity index (χ1n) is 6.71. The lowest BCUT2D eigenvalue weighted by Crippen LogP contribution is -2.39. The first-order valence-corrected chi connectivity index (χ1v) is 8.51. The molecule has 5 heteroatoms. The zero-order valence-corrected chi connectivity index (χ0v) is 13.2. The number of nitrogens with one attached hydrogen (secondary N) is 1. The molecule has 0 bridgehead atoms. The van der Waals surface area contributed by atoms with Crippen LogP contribution in [0.5, 0.6) is 0 Å². The average Bonchev–Trinajstić information content (AvgIpc) is 2.92. The van der Waals surface area contributed by atoms with Crippen LogP contribution in [0.15, 0.2) is 18.2 Å². The second kappa shape index (κ2) is 7.75. The molecule has 1 aromatic carbocycles. The van der Waals surface area contributed by atoms with Crippen LogP contribution in [0.3, 0.4) is 0 Å². The summed E-state index contributed by atoms with van der Waals surface area (Å²) in [5.41, 5.74) is 3.96. The summed E-state index contributed by atoms with van der Waals surface area (Å²) in [5, 5.41) is 2.07. The fourth-order valence-electron chi connectivity index (χ4n) is 2.44. The predicted molar refractivity (Wildman–Crippen MR) is 86.0 cm³/mol. The highest BCUT2D eigenvalue weighted by atomic mass is 35.5. The van der Waals surface area contributed by atoms with Crippen molar-refractivity contribution in [3.63, 3.8) is 0 Å². The minimum Gasteiger partial charge on any atom is -0.271 e. The van der Waals surface area contributed by atoms with Crippen molar-refractivity contribution in [3.05, 3.63) is 33.8 Å². The monoisotopic (exact) mass is 318 g/mol. The lowest BCUT2D eigenvalue weighted by molar-refractivity contribution is 0.574. The Morgan fingerprint density at radius 1 is 1.32 bits per heavy atom. The Hall–Kier alpha value is 0.0700. The quantitative estimate of drug-likeness (QED) is 0.614. The van der Waals surface area contributed by atoms with Gasteiger partial charge in [0.2, 0.25) is 0 Å². The molecule has 2 rings (SSSR count). The fraction of sp³-hybridized carbons (Fsp3) is 0.571. The summed E-state index contributed by atoms with van der Waals surface area (Å²) in [6, 6.07) is 5.99. The molecule has 1 aliphatic rings. The summed E-state index contributed by atoms with van der Waals surface area (Å²) in [7, 11) is 0. The topological polar surface area (TPSA) is 38.0 Å². The van der Waals surface area contributed by atoms with Gasteiger partial charge in [-0.15, -0.1) is 0 Å². The van der Waals surface area contributed by atoms with Gasteiger partial charge in [-0.1, -0.05) is 48.2 Å². The molecule has 3 N–H and O–H groups in total. The van der Waals surface area contributed by atoms with E-state index in [9.17, 15) is 0 Å². The van der Waals surface area contributed by atoms with Crippen LogP contribution >= 0.6 is 35.0 Å². The molecule has 2 nitrogen and oxygen atoms in total. The first kappa shape index (κ1) is 15.5. The van der Waals surface area contributed by atoms with E-state index in [-0.39, 0.29) is 6.04 Å². The van der Waals surface area contributed by atoms with Gasteiger partial charge < -0.3 is 0 Å². The number of rotatable bonds is 6. The molecule has 1 aromatic rings. The van der Waals surface area contributed by atoms with Crippen LogP contribution in [0.1, 0.15) is 31.2 Å². The maximum atomic E-state index is 6.21. The lowest BCUT2D eigenvalue weighted by atomic mass is 10.1. The van der Waals surface area contributed by atoms with Crippen molar-refractivity contribution in [1.82, 2.24) is 5.43 Å². The van der Waals surface area contributed by atoms with Crippen molar-refractivity contribution >= 4 is 35.0 Å². The van der Waals surface area contributed by atoms with Crippen LogP contribution in [0.25, 0.3) is 0 Å². The van der Waals surface area contributed by atoms with Gasteiger partial charge in [-0.05, 0) is 30.9 Å². The molecule has 0 radical (unpaired) electrons. The molecular formula is C14H20Cl2N2S. The van der Waals surface area contributed by atoms with Crippen molar-refractivity contribution in [2.45, 2.75) is 43.4 Å². The lowest BCUT2D eigenvalue weighted by Gasteiger charge is -2.18. The minimum atomic E-state index is 0.238. The van der Waals surface area contributed by atoms with Gasteiger partial charge in [-0.2, -0.15) is 11.8 Å². The van der Waals surface area contributed by atoms with Crippen molar-refractivity contribution in [2.24, 2.45) is 5.84 Å². The number of hydrazine groups is 1. The van der Waals surface area contributed by atoms with E-state index in [1.807, 2.05) is 30.0 Å². The van der Waals surface area contributed by atoms with Crippen LogP contribution in [-0.4, -0.2) is 17.0 Å². The van der Waals surface area contributed by atoms with Crippen LogP contribution in [0, 0.1) is 0 Å². The molecular weight excluding hydrogens is 299 g/mol.